The fourth-order valence-electron chi connectivity index (χ4n) is 5.64. The second-order valence-electron chi connectivity index (χ2n) is 12.5. The van der Waals surface area contributed by atoms with Gasteiger partial charge in [-0.05, 0) is 62.8 Å². The number of nitrogens with one attached hydrogen (secondary N) is 5. The zero-order valence-electron chi connectivity index (χ0n) is 28.6. The van der Waals surface area contributed by atoms with E-state index in [0.717, 1.165) is 0 Å². The molecule has 1 saturated heterocycles. The van der Waals surface area contributed by atoms with Gasteiger partial charge in [-0.15, -0.1) is 0 Å². The lowest BCUT2D eigenvalue weighted by molar-refractivity contribution is -0.149. The number of unbranched alkanes of at least 4 members (excludes halogenated alkanes) is 1. The highest BCUT2D eigenvalue weighted by Crippen LogP contribution is 2.20. The number of phenolic OH excluding ortho intramolecular Hbond substituents is 1. The molecule has 0 spiro atoms. The number of H-pyrrole nitrogens is 1. The lowest BCUT2D eigenvalue weighted by Crippen LogP contribution is -2.59. The first-order valence-corrected chi connectivity index (χ1v) is 16.9. The normalized spacial score (nSPS) is 16.2. The SMILES string of the molecule is NCCCC[C@H](NC(=O)[C@H](Cc1cnc[nH]1)NC(=O)CNC(=O)[C@@H](N)CCC(=O)O)C(=O)N[C@@H](Cc1ccc(O)cc1)C(=O)N1CCC[C@H]1C(=O)O. The van der Waals surface area contributed by atoms with Crippen molar-refractivity contribution < 1.29 is 48.9 Å². The third kappa shape index (κ3) is 13.0. The van der Waals surface area contributed by atoms with Crippen LogP contribution in [0.4, 0.5) is 0 Å². The quantitative estimate of drug-likeness (QED) is 0.0615. The van der Waals surface area contributed by atoms with E-state index in [1.165, 1.54) is 29.6 Å². The van der Waals surface area contributed by atoms with E-state index in [1.807, 2.05) is 0 Å². The molecule has 1 aromatic heterocycles. The lowest BCUT2D eigenvalue weighted by Gasteiger charge is -2.29. The van der Waals surface area contributed by atoms with Gasteiger partial charge in [-0.3, -0.25) is 28.8 Å². The lowest BCUT2D eigenvalue weighted by atomic mass is 10.0. The number of nitrogens with zero attached hydrogens (tertiary/aromatic N) is 2. The number of carbonyl (C=O) groups is 7. The van der Waals surface area contributed by atoms with Crippen molar-refractivity contribution in [2.75, 3.05) is 19.6 Å². The Morgan fingerprint density at radius 1 is 0.904 bits per heavy atom. The van der Waals surface area contributed by atoms with Gasteiger partial charge in [-0.1, -0.05) is 12.1 Å². The monoisotopic (exact) mass is 729 g/mol. The molecule has 1 aromatic carbocycles. The molecule has 52 heavy (non-hydrogen) atoms. The fraction of sp³-hybridized carbons (Fsp3) is 0.515. The van der Waals surface area contributed by atoms with Crippen molar-refractivity contribution in [3.8, 4) is 5.75 Å². The largest absolute Gasteiger partial charge is 0.508 e. The van der Waals surface area contributed by atoms with Gasteiger partial charge >= 0.3 is 11.9 Å². The van der Waals surface area contributed by atoms with E-state index in [0.29, 0.717) is 37.1 Å². The number of rotatable bonds is 21. The molecule has 19 heteroatoms. The molecule has 2 heterocycles. The first-order valence-electron chi connectivity index (χ1n) is 16.9. The van der Waals surface area contributed by atoms with Gasteiger partial charge in [0.15, 0.2) is 0 Å². The molecule has 0 bridgehead atoms. The predicted octanol–water partition coefficient (Wildman–Crippen LogP) is -2.13. The Bertz CT molecular complexity index is 1540. The van der Waals surface area contributed by atoms with Crippen LogP contribution in [-0.4, -0.2) is 122 Å². The number of hydrogen-bond acceptors (Lipinski definition) is 11. The number of likely N-dealkylation sites (tertiary alicyclic amines) is 1. The number of nitrogens with two attached hydrogens (primary N) is 2. The minimum Gasteiger partial charge on any atom is -0.508 e. The number of aliphatic carboxylic acids is 2. The zero-order valence-corrected chi connectivity index (χ0v) is 28.6. The average molecular weight is 730 g/mol. The number of aromatic amines is 1. The van der Waals surface area contributed by atoms with E-state index >= 15 is 0 Å². The maximum Gasteiger partial charge on any atom is 0.326 e. The molecular formula is C33H47N9O10. The number of carboxylic acid groups (broad SMARTS) is 2. The molecule has 5 atom stereocenters. The van der Waals surface area contributed by atoms with Crippen molar-refractivity contribution in [2.45, 2.75) is 88.0 Å². The van der Waals surface area contributed by atoms with Crippen LogP contribution in [0, 0.1) is 0 Å². The summed E-state index contributed by atoms with van der Waals surface area (Å²) in [6.07, 6.45) is 3.91. The molecule has 19 nitrogen and oxygen atoms in total. The molecule has 284 valence electrons. The Labute approximate surface area is 299 Å². The molecule has 12 N–H and O–H groups in total. The number of aromatic hydroxyl groups is 1. The molecule has 0 saturated carbocycles. The van der Waals surface area contributed by atoms with E-state index in [9.17, 15) is 43.8 Å². The maximum atomic E-state index is 13.9. The van der Waals surface area contributed by atoms with Crippen molar-refractivity contribution in [1.29, 1.82) is 0 Å². The van der Waals surface area contributed by atoms with Gasteiger partial charge in [0.1, 0.15) is 29.9 Å². The average Bonchev–Trinajstić information content (AvgIpc) is 3.82. The molecule has 3 rings (SSSR count). The molecule has 0 radical (unpaired) electrons. The van der Waals surface area contributed by atoms with Crippen molar-refractivity contribution in [2.24, 2.45) is 11.5 Å². The molecule has 2 aromatic rings. The number of amides is 5. The van der Waals surface area contributed by atoms with Crippen LogP contribution in [0.2, 0.25) is 0 Å². The Morgan fingerprint density at radius 2 is 1.60 bits per heavy atom. The van der Waals surface area contributed by atoms with Crippen LogP contribution in [-0.2, 0) is 46.4 Å². The van der Waals surface area contributed by atoms with E-state index in [2.05, 4.69) is 31.2 Å². The first-order chi connectivity index (χ1) is 24.8. The molecule has 0 unspecified atom stereocenters. The van der Waals surface area contributed by atoms with Gasteiger partial charge in [0.2, 0.25) is 29.5 Å². The van der Waals surface area contributed by atoms with Crippen molar-refractivity contribution in [3.05, 3.63) is 48.0 Å². The number of aromatic nitrogens is 2. The van der Waals surface area contributed by atoms with Gasteiger partial charge in [-0.25, -0.2) is 9.78 Å². The van der Waals surface area contributed by atoms with Crippen LogP contribution in [0.3, 0.4) is 0 Å². The summed E-state index contributed by atoms with van der Waals surface area (Å²) in [5.41, 5.74) is 12.4. The van der Waals surface area contributed by atoms with Gasteiger partial charge in [-0.2, -0.15) is 0 Å². The second-order valence-corrected chi connectivity index (χ2v) is 12.5. The molecule has 1 aliphatic rings. The van der Waals surface area contributed by atoms with Gasteiger partial charge in [0, 0.05) is 37.7 Å². The highest BCUT2D eigenvalue weighted by molar-refractivity contribution is 5.96. The topological polar surface area (TPSA) is 312 Å². The summed E-state index contributed by atoms with van der Waals surface area (Å²) >= 11 is 0. The molecule has 1 aliphatic heterocycles. The van der Waals surface area contributed by atoms with E-state index < -0.39 is 78.2 Å². The first kappa shape index (κ1) is 40.9. The number of imidazole rings is 1. The van der Waals surface area contributed by atoms with Crippen LogP contribution < -0.4 is 32.7 Å². The Balaban J connectivity index is 1.79. The number of benzene rings is 1. The van der Waals surface area contributed by atoms with Gasteiger partial charge < -0.3 is 57.9 Å². The minimum atomic E-state index is -1.27. The Hall–Kier alpha value is -5.56. The van der Waals surface area contributed by atoms with Gasteiger partial charge in [0.25, 0.3) is 0 Å². The van der Waals surface area contributed by atoms with E-state index in [4.69, 9.17) is 16.6 Å². The number of hydrogen-bond donors (Lipinski definition) is 10. The second kappa shape index (κ2) is 20.3. The van der Waals surface area contributed by atoms with Crippen LogP contribution in [0.15, 0.2) is 36.8 Å². The predicted molar refractivity (Wildman–Crippen MR) is 183 cm³/mol. The number of carbonyl (C=O) groups excluding carboxylic acids is 5. The van der Waals surface area contributed by atoms with Gasteiger partial charge in [0.05, 0.1) is 18.9 Å². The summed E-state index contributed by atoms with van der Waals surface area (Å²) in [5.74, 6) is -5.98. The van der Waals surface area contributed by atoms with Crippen molar-refractivity contribution in [3.63, 3.8) is 0 Å². The van der Waals surface area contributed by atoms with Crippen LogP contribution >= 0.6 is 0 Å². The van der Waals surface area contributed by atoms with Crippen LogP contribution in [0.5, 0.6) is 5.75 Å². The summed E-state index contributed by atoms with van der Waals surface area (Å²) in [4.78, 5) is 97.1. The number of phenols is 1. The maximum absolute atomic E-state index is 13.9. The standard InChI is InChI=1S/C33H47N9O10/c34-12-2-1-4-23(30(48)41-25(14-19-6-8-21(43)9-7-19)32(50)42-13-3-5-26(42)33(51)52)40-31(49)24(15-20-16-36-18-38-20)39-27(44)17-37-29(47)22(35)10-11-28(45)46/h6-9,16,18,22-26,43H,1-5,10-15,17,34-35H2,(H,36,38)(H,37,47)(H,39,44)(H,40,49)(H,41,48)(H,45,46)(H,51,52)/t22-,23-,24-,25-,26-/m0/s1. The minimum absolute atomic E-state index is 0.0118. The van der Waals surface area contributed by atoms with Crippen molar-refractivity contribution >= 4 is 41.5 Å². The summed E-state index contributed by atoms with van der Waals surface area (Å²) < 4.78 is 0. The number of carboxylic acids is 2. The highest BCUT2D eigenvalue weighted by Gasteiger charge is 2.38. The summed E-state index contributed by atoms with van der Waals surface area (Å²) in [6, 6.07) is 0.00925. The van der Waals surface area contributed by atoms with Crippen LogP contribution in [0.25, 0.3) is 0 Å². The van der Waals surface area contributed by atoms with Crippen LogP contribution in [0.1, 0.15) is 56.2 Å². The van der Waals surface area contributed by atoms with Crippen molar-refractivity contribution in [1.82, 2.24) is 36.1 Å². The zero-order chi connectivity index (χ0) is 38.2. The smallest absolute Gasteiger partial charge is 0.326 e. The third-order valence-corrected chi connectivity index (χ3v) is 8.45. The third-order valence-electron chi connectivity index (χ3n) is 8.45. The Morgan fingerprint density at radius 3 is 2.23 bits per heavy atom. The summed E-state index contributed by atoms with van der Waals surface area (Å²) in [6.45, 7) is -0.0975. The molecule has 5 amide bonds. The molecular weight excluding hydrogens is 682 g/mol. The molecule has 1 fully saturated rings. The van der Waals surface area contributed by atoms with E-state index in [-0.39, 0.29) is 50.8 Å². The van der Waals surface area contributed by atoms with E-state index in [1.54, 1.807) is 12.1 Å². The summed E-state index contributed by atoms with van der Waals surface area (Å²) in [7, 11) is 0. The Kier molecular flexibility index (Phi) is 16.0. The highest BCUT2D eigenvalue weighted by atomic mass is 16.4. The molecule has 0 aliphatic carbocycles. The summed E-state index contributed by atoms with van der Waals surface area (Å²) in [5, 5.41) is 38.4. The fourth-order valence-corrected chi connectivity index (χ4v) is 5.64.